The molecule has 1 N–H and O–H groups in total. The molecule has 0 bridgehead atoms. The van der Waals surface area contributed by atoms with E-state index in [0.29, 0.717) is 6.42 Å². The summed E-state index contributed by atoms with van der Waals surface area (Å²) in [6, 6.07) is 4.09. The molecule has 1 amide bonds. The molecule has 1 aromatic carbocycles. The van der Waals surface area contributed by atoms with Gasteiger partial charge in [-0.25, -0.2) is 0 Å². The number of anilines is 1. The lowest BCUT2D eigenvalue weighted by molar-refractivity contribution is -0.116. The topological polar surface area (TPSA) is 49.4 Å². The fourth-order valence-corrected chi connectivity index (χ4v) is 4.22. The van der Waals surface area contributed by atoms with Crippen LogP contribution in [0.1, 0.15) is 53.6 Å². The number of nitrogens with one attached hydrogen (secondary N) is 1. The monoisotopic (exact) mass is 348 g/mol. The zero-order valence-corrected chi connectivity index (χ0v) is 14.8. The second-order valence-corrected chi connectivity index (χ2v) is 7.18. The van der Waals surface area contributed by atoms with Crippen LogP contribution in [0.25, 0.3) is 0 Å². The number of rotatable bonds is 2. The second kappa shape index (κ2) is 7.24. The Morgan fingerprint density at radius 3 is 2.58 bits per heavy atom. The molecular weight excluding hydrogens is 324 g/mol. The Morgan fingerprint density at radius 2 is 1.79 bits per heavy atom. The van der Waals surface area contributed by atoms with E-state index in [1.54, 1.807) is 0 Å². The molecule has 3 aliphatic rings. The molecule has 2 heterocycles. The molecule has 1 saturated heterocycles. The molecule has 1 atom stereocenters. The summed E-state index contributed by atoms with van der Waals surface area (Å²) in [4.78, 5) is 27.0. The van der Waals surface area contributed by atoms with Crippen LogP contribution in [0, 0.1) is 5.92 Å². The van der Waals surface area contributed by atoms with Crippen LogP contribution in [0.5, 0.6) is 0 Å². The molecule has 24 heavy (non-hydrogen) atoms. The fourth-order valence-electron chi connectivity index (χ4n) is 4.22. The first-order valence-corrected chi connectivity index (χ1v) is 8.93. The Labute approximate surface area is 149 Å². The van der Waals surface area contributed by atoms with Gasteiger partial charge in [-0.3, -0.25) is 9.59 Å². The first kappa shape index (κ1) is 17.4. The summed E-state index contributed by atoms with van der Waals surface area (Å²) in [6.07, 6.45) is 7.14. The third-order valence-electron chi connectivity index (χ3n) is 5.55. The van der Waals surface area contributed by atoms with Crippen LogP contribution in [0.4, 0.5) is 5.69 Å². The Kier molecular flexibility index (Phi) is 5.26. The number of likely N-dealkylation sites (tertiary alicyclic amines) is 1. The summed E-state index contributed by atoms with van der Waals surface area (Å²) < 4.78 is 0. The number of piperidine rings is 1. The van der Waals surface area contributed by atoms with Gasteiger partial charge in [0, 0.05) is 30.1 Å². The predicted octanol–water partition coefficient (Wildman–Crippen LogP) is 3.22. The number of ketones is 1. The number of Topliss-reactive ketones (excluding diaryl/α,β-unsaturated/α-hetero) is 1. The molecule has 4 nitrogen and oxygen atoms in total. The van der Waals surface area contributed by atoms with E-state index < -0.39 is 0 Å². The number of fused-ring (bicyclic) bond motifs is 2. The number of halogens is 1. The molecule has 0 saturated carbocycles. The van der Waals surface area contributed by atoms with Crippen molar-refractivity contribution in [3.63, 3.8) is 0 Å². The average Bonchev–Trinajstić information content (AvgIpc) is 2.57. The van der Waals surface area contributed by atoms with E-state index in [-0.39, 0.29) is 30.0 Å². The minimum absolute atomic E-state index is 0. The Balaban J connectivity index is 0.00000169. The third kappa shape index (κ3) is 3.35. The van der Waals surface area contributed by atoms with Gasteiger partial charge in [0.05, 0.1) is 0 Å². The van der Waals surface area contributed by atoms with E-state index in [1.165, 1.54) is 30.4 Å². The van der Waals surface area contributed by atoms with Gasteiger partial charge in [0.25, 0.3) is 0 Å². The van der Waals surface area contributed by atoms with E-state index in [2.05, 4.69) is 16.3 Å². The summed E-state index contributed by atoms with van der Waals surface area (Å²) in [5.74, 6) is 0.461. The van der Waals surface area contributed by atoms with Crippen LogP contribution < -0.4 is 5.32 Å². The number of nitrogens with zero attached hydrogens (tertiary/aromatic N) is 1. The molecule has 4 rings (SSSR count). The van der Waals surface area contributed by atoms with Crippen LogP contribution >= 0.6 is 12.4 Å². The van der Waals surface area contributed by atoms with Crippen molar-refractivity contribution in [3.8, 4) is 0 Å². The normalized spacial score (nSPS) is 23.8. The highest BCUT2D eigenvalue weighted by Gasteiger charge is 2.31. The lowest BCUT2D eigenvalue weighted by Crippen LogP contribution is -2.38. The highest BCUT2D eigenvalue weighted by Crippen LogP contribution is 2.33. The van der Waals surface area contributed by atoms with Crippen LogP contribution in [0.3, 0.4) is 0 Å². The van der Waals surface area contributed by atoms with E-state index in [4.69, 9.17) is 0 Å². The van der Waals surface area contributed by atoms with Crippen LogP contribution in [0.15, 0.2) is 12.1 Å². The van der Waals surface area contributed by atoms with Crippen molar-refractivity contribution in [3.05, 3.63) is 28.8 Å². The Bertz CT molecular complexity index is 653. The Morgan fingerprint density at radius 1 is 1.00 bits per heavy atom. The van der Waals surface area contributed by atoms with Gasteiger partial charge in [0.15, 0.2) is 5.78 Å². The molecule has 1 unspecified atom stereocenters. The Hall–Kier alpha value is -1.39. The third-order valence-corrected chi connectivity index (χ3v) is 5.55. The van der Waals surface area contributed by atoms with E-state index in [0.717, 1.165) is 50.1 Å². The fraction of sp³-hybridized carbons (Fsp3) is 0.579. The van der Waals surface area contributed by atoms with Gasteiger partial charge in [-0.05, 0) is 62.4 Å². The lowest BCUT2D eigenvalue weighted by Gasteiger charge is -2.32. The predicted molar refractivity (Wildman–Crippen MR) is 97.1 cm³/mol. The summed E-state index contributed by atoms with van der Waals surface area (Å²) in [5.41, 5.74) is 4.07. The van der Waals surface area contributed by atoms with Crippen molar-refractivity contribution in [2.24, 2.45) is 5.92 Å². The van der Waals surface area contributed by atoms with Crippen molar-refractivity contribution >= 4 is 29.8 Å². The highest BCUT2D eigenvalue weighted by molar-refractivity contribution is 6.03. The summed E-state index contributed by atoms with van der Waals surface area (Å²) in [5, 5.41) is 2.93. The van der Waals surface area contributed by atoms with Crippen molar-refractivity contribution in [1.29, 1.82) is 0 Å². The van der Waals surface area contributed by atoms with Crippen LogP contribution in [-0.4, -0.2) is 36.2 Å². The van der Waals surface area contributed by atoms with E-state index in [9.17, 15) is 9.59 Å². The molecular formula is C19H25ClN2O2. The minimum atomic E-state index is 0. The molecule has 2 aliphatic heterocycles. The van der Waals surface area contributed by atoms with Gasteiger partial charge < -0.3 is 10.2 Å². The number of benzene rings is 1. The van der Waals surface area contributed by atoms with E-state index >= 15 is 0 Å². The number of amides is 1. The highest BCUT2D eigenvalue weighted by atomic mass is 35.5. The van der Waals surface area contributed by atoms with Crippen LogP contribution in [0.2, 0.25) is 0 Å². The molecule has 5 heteroatoms. The first-order chi connectivity index (χ1) is 11.2. The average molecular weight is 349 g/mol. The number of carbonyl (C=O) groups is 2. The molecule has 0 radical (unpaired) electrons. The zero-order valence-electron chi connectivity index (χ0n) is 14.0. The summed E-state index contributed by atoms with van der Waals surface area (Å²) in [7, 11) is 0. The van der Waals surface area contributed by atoms with Gasteiger partial charge in [-0.15, -0.1) is 12.4 Å². The number of hydrogen-bond donors (Lipinski definition) is 1. The maximum absolute atomic E-state index is 12.9. The maximum atomic E-state index is 12.9. The maximum Gasteiger partial charge on any atom is 0.224 e. The largest absolute Gasteiger partial charge is 0.326 e. The van der Waals surface area contributed by atoms with Crippen molar-refractivity contribution < 1.29 is 9.59 Å². The minimum Gasteiger partial charge on any atom is -0.326 e. The molecule has 130 valence electrons. The van der Waals surface area contributed by atoms with E-state index in [1.807, 2.05) is 6.07 Å². The summed E-state index contributed by atoms with van der Waals surface area (Å²) in [6.45, 7) is 3.18. The van der Waals surface area contributed by atoms with Crippen molar-refractivity contribution in [1.82, 2.24) is 4.90 Å². The first-order valence-electron chi connectivity index (χ1n) is 8.93. The van der Waals surface area contributed by atoms with Gasteiger partial charge in [-0.1, -0.05) is 12.5 Å². The number of aryl methyl sites for hydroxylation is 2. The van der Waals surface area contributed by atoms with Crippen molar-refractivity contribution in [2.45, 2.75) is 44.9 Å². The van der Waals surface area contributed by atoms with Gasteiger partial charge in [0.1, 0.15) is 0 Å². The standard InChI is InChI=1S/C19H24N2O2.ClH/c22-18-7-6-14-10-13-4-5-15(12-21-8-2-1-3-9-21)19(23)16(13)11-17(14)20-18;/h10-11,15H,1-9,12H2,(H,20,22);1H. The zero-order chi connectivity index (χ0) is 15.8. The van der Waals surface area contributed by atoms with Gasteiger partial charge >= 0.3 is 0 Å². The molecule has 1 aliphatic carbocycles. The molecule has 0 aromatic heterocycles. The number of hydrogen-bond acceptors (Lipinski definition) is 3. The molecule has 0 spiro atoms. The van der Waals surface area contributed by atoms with Gasteiger partial charge in [0.2, 0.25) is 5.91 Å². The smallest absolute Gasteiger partial charge is 0.224 e. The SMILES string of the molecule is Cl.O=C1CCc2cc3c(cc2N1)C(=O)C(CN1CCCCC1)CC3. The van der Waals surface area contributed by atoms with Crippen LogP contribution in [-0.2, 0) is 17.6 Å². The van der Waals surface area contributed by atoms with Gasteiger partial charge in [-0.2, -0.15) is 0 Å². The second-order valence-electron chi connectivity index (χ2n) is 7.18. The quantitative estimate of drug-likeness (QED) is 0.892. The molecule has 1 fully saturated rings. The van der Waals surface area contributed by atoms with Crippen molar-refractivity contribution in [2.75, 3.05) is 25.0 Å². The lowest BCUT2D eigenvalue weighted by atomic mass is 9.80. The molecule has 1 aromatic rings. The summed E-state index contributed by atoms with van der Waals surface area (Å²) >= 11 is 0. The number of carbonyl (C=O) groups excluding carboxylic acids is 2.